The zero-order valence-corrected chi connectivity index (χ0v) is 12.0. The second-order valence-corrected chi connectivity index (χ2v) is 4.22. The number of amidine groups is 1. The van der Waals surface area contributed by atoms with Crippen molar-refractivity contribution in [2.45, 2.75) is 13.0 Å². The lowest BCUT2D eigenvalue weighted by Crippen LogP contribution is -2.40. The van der Waals surface area contributed by atoms with E-state index in [0.717, 1.165) is 0 Å². The standard InChI is InChI=1S/C12H21N5O3/c1-9(8-20-3)17(6-7-19-2)12-14-5-4-10(15-12)11(13)16-18/h4-5,9,18H,6-8H2,1-3H3,(H2,13,16). The number of aromatic nitrogens is 2. The molecular weight excluding hydrogens is 262 g/mol. The molecule has 0 aromatic carbocycles. The maximum atomic E-state index is 8.70. The molecule has 0 radical (unpaired) electrons. The van der Waals surface area contributed by atoms with E-state index in [0.29, 0.717) is 31.4 Å². The van der Waals surface area contributed by atoms with Crippen molar-refractivity contribution in [1.82, 2.24) is 9.97 Å². The first-order chi connectivity index (χ1) is 9.63. The Morgan fingerprint density at radius 3 is 2.85 bits per heavy atom. The zero-order chi connectivity index (χ0) is 15.0. The lowest BCUT2D eigenvalue weighted by Gasteiger charge is -2.28. The third kappa shape index (κ3) is 4.32. The Balaban J connectivity index is 3.00. The summed E-state index contributed by atoms with van der Waals surface area (Å²) in [7, 11) is 3.27. The highest BCUT2D eigenvalue weighted by molar-refractivity contribution is 5.95. The van der Waals surface area contributed by atoms with Gasteiger partial charge in [-0.1, -0.05) is 5.16 Å². The molecule has 8 nitrogen and oxygen atoms in total. The van der Waals surface area contributed by atoms with Crippen molar-refractivity contribution in [3.05, 3.63) is 18.0 Å². The lowest BCUT2D eigenvalue weighted by atomic mass is 10.3. The number of rotatable bonds is 8. The molecule has 0 saturated carbocycles. The lowest BCUT2D eigenvalue weighted by molar-refractivity contribution is 0.170. The Morgan fingerprint density at radius 1 is 1.50 bits per heavy atom. The van der Waals surface area contributed by atoms with Crippen LogP contribution in [0.3, 0.4) is 0 Å². The van der Waals surface area contributed by atoms with Crippen LogP contribution in [0, 0.1) is 0 Å². The van der Waals surface area contributed by atoms with Crippen LogP contribution in [0.4, 0.5) is 5.95 Å². The van der Waals surface area contributed by atoms with E-state index in [1.807, 2.05) is 11.8 Å². The Kier molecular flexibility index (Phi) is 6.68. The Labute approximate surface area is 118 Å². The predicted octanol–water partition coefficient (Wildman–Crippen LogP) is 0.0588. The van der Waals surface area contributed by atoms with Crippen LogP contribution in [-0.2, 0) is 9.47 Å². The average Bonchev–Trinajstić information content (AvgIpc) is 2.47. The molecule has 0 aliphatic carbocycles. The molecule has 20 heavy (non-hydrogen) atoms. The fourth-order valence-corrected chi connectivity index (χ4v) is 1.72. The maximum absolute atomic E-state index is 8.70. The molecule has 8 heteroatoms. The number of hydrogen-bond donors (Lipinski definition) is 2. The molecule has 0 bridgehead atoms. The van der Waals surface area contributed by atoms with Gasteiger partial charge in [-0.15, -0.1) is 0 Å². The van der Waals surface area contributed by atoms with Crippen molar-refractivity contribution in [3.8, 4) is 0 Å². The van der Waals surface area contributed by atoms with Gasteiger partial charge in [-0.05, 0) is 13.0 Å². The van der Waals surface area contributed by atoms with Crippen LogP contribution in [0.25, 0.3) is 0 Å². The fraction of sp³-hybridized carbons (Fsp3) is 0.583. The molecule has 0 aliphatic rings. The van der Waals surface area contributed by atoms with E-state index in [2.05, 4.69) is 15.1 Å². The third-order valence-corrected chi connectivity index (χ3v) is 2.75. The van der Waals surface area contributed by atoms with Crippen LogP contribution in [0.1, 0.15) is 12.6 Å². The van der Waals surface area contributed by atoms with Crippen LogP contribution in [0.15, 0.2) is 17.4 Å². The molecule has 0 saturated heterocycles. The monoisotopic (exact) mass is 283 g/mol. The molecule has 1 aromatic rings. The van der Waals surface area contributed by atoms with Gasteiger partial charge in [0.05, 0.1) is 19.3 Å². The highest BCUT2D eigenvalue weighted by atomic mass is 16.5. The summed E-state index contributed by atoms with van der Waals surface area (Å²) in [6, 6.07) is 1.64. The van der Waals surface area contributed by atoms with E-state index in [9.17, 15) is 0 Å². The van der Waals surface area contributed by atoms with Gasteiger partial charge in [0.2, 0.25) is 5.95 Å². The van der Waals surface area contributed by atoms with Gasteiger partial charge in [0, 0.05) is 27.0 Å². The number of nitrogens with two attached hydrogens (primary N) is 1. The number of nitrogens with zero attached hydrogens (tertiary/aromatic N) is 4. The van der Waals surface area contributed by atoms with Crippen molar-refractivity contribution in [2.24, 2.45) is 10.9 Å². The molecule has 1 rings (SSSR count). The molecule has 1 atom stereocenters. The molecule has 0 amide bonds. The summed E-state index contributed by atoms with van der Waals surface area (Å²) in [5.41, 5.74) is 5.91. The van der Waals surface area contributed by atoms with Crippen molar-refractivity contribution in [1.29, 1.82) is 0 Å². The summed E-state index contributed by atoms with van der Waals surface area (Å²) in [6.45, 7) is 3.67. The first-order valence-corrected chi connectivity index (χ1v) is 6.19. The van der Waals surface area contributed by atoms with Gasteiger partial charge in [0.15, 0.2) is 5.84 Å². The minimum atomic E-state index is -0.0558. The highest BCUT2D eigenvalue weighted by Crippen LogP contribution is 2.12. The number of ether oxygens (including phenoxy) is 2. The SMILES string of the molecule is COCCN(c1nccc(/C(N)=N/O)n1)C(C)COC. The maximum Gasteiger partial charge on any atom is 0.226 e. The normalized spacial score (nSPS) is 13.2. The van der Waals surface area contributed by atoms with Gasteiger partial charge < -0.3 is 25.3 Å². The molecule has 1 unspecified atom stereocenters. The molecule has 3 N–H and O–H groups in total. The molecular formula is C12H21N5O3. The van der Waals surface area contributed by atoms with E-state index in [1.54, 1.807) is 26.5 Å². The first-order valence-electron chi connectivity index (χ1n) is 6.19. The van der Waals surface area contributed by atoms with E-state index in [-0.39, 0.29) is 11.9 Å². The molecule has 1 aromatic heterocycles. The zero-order valence-electron chi connectivity index (χ0n) is 12.0. The molecule has 1 heterocycles. The van der Waals surface area contributed by atoms with E-state index < -0.39 is 0 Å². The topological polar surface area (TPSA) is 106 Å². The smallest absolute Gasteiger partial charge is 0.226 e. The van der Waals surface area contributed by atoms with Crippen molar-refractivity contribution < 1.29 is 14.7 Å². The number of hydrogen-bond acceptors (Lipinski definition) is 7. The van der Waals surface area contributed by atoms with E-state index >= 15 is 0 Å². The summed E-state index contributed by atoms with van der Waals surface area (Å²) in [4.78, 5) is 10.5. The quantitative estimate of drug-likeness (QED) is 0.301. The third-order valence-electron chi connectivity index (χ3n) is 2.75. The fourth-order valence-electron chi connectivity index (χ4n) is 1.72. The largest absolute Gasteiger partial charge is 0.409 e. The molecule has 0 fully saturated rings. The molecule has 112 valence electrons. The van der Waals surface area contributed by atoms with E-state index in [4.69, 9.17) is 20.4 Å². The van der Waals surface area contributed by atoms with Crippen LogP contribution >= 0.6 is 0 Å². The predicted molar refractivity (Wildman–Crippen MR) is 75.1 cm³/mol. The number of methoxy groups -OCH3 is 2. The van der Waals surface area contributed by atoms with Gasteiger partial charge in [-0.3, -0.25) is 0 Å². The highest BCUT2D eigenvalue weighted by Gasteiger charge is 2.17. The Morgan fingerprint density at radius 2 is 2.25 bits per heavy atom. The second-order valence-electron chi connectivity index (χ2n) is 4.22. The van der Waals surface area contributed by atoms with Gasteiger partial charge in [0.1, 0.15) is 5.69 Å². The van der Waals surface area contributed by atoms with Gasteiger partial charge in [-0.2, -0.15) is 0 Å². The van der Waals surface area contributed by atoms with Crippen molar-refractivity contribution >= 4 is 11.8 Å². The Hall–Kier alpha value is -1.93. The van der Waals surface area contributed by atoms with Crippen LogP contribution in [-0.4, -0.2) is 61.0 Å². The van der Waals surface area contributed by atoms with Crippen LogP contribution in [0.5, 0.6) is 0 Å². The second kappa shape index (κ2) is 8.28. The number of anilines is 1. The van der Waals surface area contributed by atoms with Gasteiger partial charge in [-0.25, -0.2) is 9.97 Å². The van der Waals surface area contributed by atoms with Gasteiger partial charge in [0.25, 0.3) is 0 Å². The summed E-state index contributed by atoms with van der Waals surface area (Å²) >= 11 is 0. The molecule has 0 spiro atoms. The van der Waals surface area contributed by atoms with E-state index in [1.165, 1.54) is 0 Å². The minimum absolute atomic E-state index is 0.0558. The Bertz CT molecular complexity index is 441. The van der Waals surface area contributed by atoms with Crippen molar-refractivity contribution in [2.75, 3.05) is 38.9 Å². The minimum Gasteiger partial charge on any atom is -0.409 e. The summed E-state index contributed by atoms with van der Waals surface area (Å²) in [5, 5.41) is 11.6. The average molecular weight is 283 g/mol. The molecule has 0 aliphatic heterocycles. The van der Waals surface area contributed by atoms with Crippen LogP contribution in [0.2, 0.25) is 0 Å². The summed E-state index contributed by atoms with van der Waals surface area (Å²) < 4.78 is 10.3. The summed E-state index contributed by atoms with van der Waals surface area (Å²) in [6.07, 6.45) is 1.56. The summed E-state index contributed by atoms with van der Waals surface area (Å²) in [5.74, 6) is 0.426. The van der Waals surface area contributed by atoms with Gasteiger partial charge >= 0.3 is 0 Å². The van der Waals surface area contributed by atoms with Crippen molar-refractivity contribution in [3.63, 3.8) is 0 Å². The number of oxime groups is 1. The van der Waals surface area contributed by atoms with Crippen LogP contribution < -0.4 is 10.6 Å². The first kappa shape index (κ1) is 16.1.